The number of benzene rings is 1. The minimum Gasteiger partial charge on any atom is -0.459 e. The third-order valence-electron chi connectivity index (χ3n) is 3.96. The normalized spacial score (nSPS) is 19.3. The average Bonchev–Trinajstić information content (AvgIpc) is 3.27. The minimum absolute atomic E-state index is 0.259. The van der Waals surface area contributed by atoms with E-state index in [4.69, 9.17) is 4.42 Å². The van der Waals surface area contributed by atoms with Crippen molar-refractivity contribution in [3.05, 3.63) is 33.7 Å². The molecule has 0 spiro atoms. The standard InChI is InChI=1S/C15H15BrFNO/c16-11-5-10-13(6-12(11)17)19-14(7-18-9-3-4-9)15(10)8-1-2-8/h5-6,8-9,18H,1-4,7H2. The predicted molar refractivity (Wildman–Crippen MR) is 75.7 cm³/mol. The molecule has 0 radical (unpaired) electrons. The highest BCUT2D eigenvalue weighted by Crippen LogP contribution is 2.47. The van der Waals surface area contributed by atoms with Gasteiger partial charge in [-0.2, -0.15) is 0 Å². The molecular weight excluding hydrogens is 309 g/mol. The zero-order chi connectivity index (χ0) is 13.0. The van der Waals surface area contributed by atoms with Gasteiger partial charge in [0.25, 0.3) is 0 Å². The zero-order valence-electron chi connectivity index (χ0n) is 10.5. The molecular formula is C15H15BrFNO. The van der Waals surface area contributed by atoms with E-state index in [1.165, 1.54) is 37.3 Å². The second kappa shape index (κ2) is 4.32. The van der Waals surface area contributed by atoms with Crippen LogP contribution in [0.1, 0.15) is 42.9 Å². The molecule has 4 rings (SSSR count). The Bertz CT molecular complexity index is 643. The maximum absolute atomic E-state index is 13.6. The van der Waals surface area contributed by atoms with Crippen molar-refractivity contribution in [1.29, 1.82) is 0 Å². The van der Waals surface area contributed by atoms with Gasteiger partial charge in [-0.25, -0.2) is 4.39 Å². The summed E-state index contributed by atoms with van der Waals surface area (Å²) < 4.78 is 20.0. The number of hydrogen-bond donors (Lipinski definition) is 1. The third kappa shape index (κ3) is 2.21. The Hall–Kier alpha value is -0.870. The highest BCUT2D eigenvalue weighted by atomic mass is 79.9. The fourth-order valence-corrected chi connectivity index (χ4v) is 2.98. The maximum atomic E-state index is 13.6. The monoisotopic (exact) mass is 323 g/mol. The number of furan rings is 1. The molecule has 2 aliphatic carbocycles. The van der Waals surface area contributed by atoms with E-state index in [-0.39, 0.29) is 5.82 Å². The molecule has 1 N–H and O–H groups in total. The molecule has 0 saturated heterocycles. The Balaban J connectivity index is 1.79. The van der Waals surface area contributed by atoms with Gasteiger partial charge in [-0.05, 0) is 53.6 Å². The van der Waals surface area contributed by atoms with Crippen LogP contribution in [0.5, 0.6) is 0 Å². The van der Waals surface area contributed by atoms with E-state index in [9.17, 15) is 4.39 Å². The number of hydrogen-bond acceptors (Lipinski definition) is 2. The van der Waals surface area contributed by atoms with Gasteiger partial charge < -0.3 is 9.73 Å². The summed E-state index contributed by atoms with van der Waals surface area (Å²) in [6, 6.07) is 4.01. The summed E-state index contributed by atoms with van der Waals surface area (Å²) in [6.45, 7) is 0.768. The van der Waals surface area contributed by atoms with Gasteiger partial charge in [0.1, 0.15) is 17.2 Å². The van der Waals surface area contributed by atoms with Gasteiger partial charge >= 0.3 is 0 Å². The van der Waals surface area contributed by atoms with E-state index in [2.05, 4.69) is 21.2 Å². The van der Waals surface area contributed by atoms with Gasteiger partial charge in [0, 0.05) is 23.1 Å². The fourth-order valence-electron chi connectivity index (χ4n) is 2.64. The van der Waals surface area contributed by atoms with Crippen LogP contribution in [0, 0.1) is 5.82 Å². The predicted octanol–water partition coefficient (Wildman–Crippen LogP) is 4.46. The van der Waals surface area contributed by atoms with Crippen LogP contribution in [0.3, 0.4) is 0 Å². The van der Waals surface area contributed by atoms with Crippen LogP contribution in [0.15, 0.2) is 21.0 Å². The van der Waals surface area contributed by atoms with Crippen LogP contribution in [-0.4, -0.2) is 6.04 Å². The Morgan fingerprint density at radius 3 is 2.74 bits per heavy atom. The van der Waals surface area contributed by atoms with Gasteiger partial charge in [0.15, 0.2) is 0 Å². The molecule has 19 heavy (non-hydrogen) atoms. The second-order valence-electron chi connectivity index (χ2n) is 5.63. The number of fused-ring (bicyclic) bond motifs is 1. The van der Waals surface area contributed by atoms with Crippen LogP contribution < -0.4 is 5.32 Å². The summed E-state index contributed by atoms with van der Waals surface area (Å²) in [6.07, 6.45) is 4.97. The lowest BCUT2D eigenvalue weighted by Crippen LogP contribution is -2.15. The summed E-state index contributed by atoms with van der Waals surface area (Å²) in [5.74, 6) is 1.35. The molecule has 0 bridgehead atoms. The van der Waals surface area contributed by atoms with E-state index in [1.807, 2.05) is 6.07 Å². The molecule has 0 atom stereocenters. The Kier molecular flexibility index (Phi) is 2.71. The summed E-state index contributed by atoms with van der Waals surface area (Å²) in [5.41, 5.74) is 1.97. The van der Waals surface area contributed by atoms with Crippen molar-refractivity contribution < 1.29 is 8.81 Å². The zero-order valence-corrected chi connectivity index (χ0v) is 12.1. The van der Waals surface area contributed by atoms with E-state index in [0.29, 0.717) is 22.0 Å². The fraction of sp³-hybridized carbons (Fsp3) is 0.467. The van der Waals surface area contributed by atoms with E-state index in [1.54, 1.807) is 0 Å². The number of rotatable bonds is 4. The molecule has 2 nitrogen and oxygen atoms in total. The van der Waals surface area contributed by atoms with Crippen molar-refractivity contribution in [2.45, 2.75) is 44.2 Å². The molecule has 0 amide bonds. The summed E-state index contributed by atoms with van der Waals surface area (Å²) in [5, 5.41) is 4.56. The molecule has 0 unspecified atom stereocenters. The van der Waals surface area contributed by atoms with E-state index >= 15 is 0 Å². The van der Waals surface area contributed by atoms with Crippen LogP contribution in [0.25, 0.3) is 11.0 Å². The molecule has 1 aromatic heterocycles. The largest absolute Gasteiger partial charge is 0.459 e. The molecule has 0 aliphatic heterocycles. The van der Waals surface area contributed by atoms with E-state index < -0.39 is 0 Å². The molecule has 2 fully saturated rings. The molecule has 2 aliphatic rings. The second-order valence-corrected chi connectivity index (χ2v) is 6.49. The quantitative estimate of drug-likeness (QED) is 0.898. The minimum atomic E-state index is -0.259. The van der Waals surface area contributed by atoms with Crippen LogP contribution in [0.4, 0.5) is 4.39 Å². The highest BCUT2D eigenvalue weighted by Gasteiger charge is 2.32. The molecule has 4 heteroatoms. The van der Waals surface area contributed by atoms with Crippen molar-refractivity contribution in [3.63, 3.8) is 0 Å². The highest BCUT2D eigenvalue weighted by molar-refractivity contribution is 9.10. The van der Waals surface area contributed by atoms with Gasteiger partial charge in [0.05, 0.1) is 11.0 Å². The third-order valence-corrected chi connectivity index (χ3v) is 4.57. The lowest BCUT2D eigenvalue weighted by Gasteiger charge is -2.02. The smallest absolute Gasteiger partial charge is 0.141 e. The van der Waals surface area contributed by atoms with Crippen LogP contribution in [-0.2, 0) is 6.54 Å². The first-order valence-corrected chi connectivity index (χ1v) is 7.65. The lowest BCUT2D eigenvalue weighted by atomic mass is 10.1. The lowest BCUT2D eigenvalue weighted by molar-refractivity contribution is 0.504. The summed E-state index contributed by atoms with van der Waals surface area (Å²) in [4.78, 5) is 0. The van der Waals surface area contributed by atoms with Crippen LogP contribution >= 0.6 is 15.9 Å². The molecule has 2 aromatic rings. The Morgan fingerprint density at radius 2 is 2.05 bits per heavy atom. The van der Waals surface area contributed by atoms with Gasteiger partial charge in [-0.15, -0.1) is 0 Å². The maximum Gasteiger partial charge on any atom is 0.141 e. The topological polar surface area (TPSA) is 25.2 Å². The van der Waals surface area contributed by atoms with Crippen molar-refractivity contribution in [3.8, 4) is 0 Å². The average molecular weight is 324 g/mol. The molecule has 1 aromatic carbocycles. The van der Waals surface area contributed by atoms with Crippen molar-refractivity contribution in [1.82, 2.24) is 5.32 Å². The summed E-state index contributed by atoms with van der Waals surface area (Å²) >= 11 is 3.27. The first-order valence-electron chi connectivity index (χ1n) is 6.86. The molecule has 100 valence electrons. The first-order chi connectivity index (χ1) is 9.22. The SMILES string of the molecule is Fc1cc2oc(CNC3CC3)c(C3CC3)c2cc1Br. The molecule has 2 saturated carbocycles. The summed E-state index contributed by atoms with van der Waals surface area (Å²) in [7, 11) is 0. The Labute approximate surface area is 119 Å². The van der Waals surface area contributed by atoms with Gasteiger partial charge in [0.2, 0.25) is 0 Å². The van der Waals surface area contributed by atoms with Gasteiger partial charge in [-0.3, -0.25) is 0 Å². The van der Waals surface area contributed by atoms with Crippen molar-refractivity contribution in [2.24, 2.45) is 0 Å². The first kappa shape index (κ1) is 11.9. The Morgan fingerprint density at radius 1 is 1.26 bits per heavy atom. The number of nitrogens with one attached hydrogen (secondary N) is 1. The van der Waals surface area contributed by atoms with E-state index in [0.717, 1.165) is 17.7 Å². The van der Waals surface area contributed by atoms with Crippen LogP contribution in [0.2, 0.25) is 0 Å². The molecule has 1 heterocycles. The number of halogens is 2. The van der Waals surface area contributed by atoms with Gasteiger partial charge in [-0.1, -0.05) is 0 Å². The van der Waals surface area contributed by atoms with Crippen molar-refractivity contribution in [2.75, 3.05) is 0 Å². The van der Waals surface area contributed by atoms with Crippen molar-refractivity contribution >= 4 is 26.9 Å².